The van der Waals surface area contributed by atoms with Crippen molar-refractivity contribution < 1.29 is 136 Å². The monoisotopic (exact) mass is 823 g/mol. The zero-order valence-electron chi connectivity index (χ0n) is 20.9. The van der Waals surface area contributed by atoms with Gasteiger partial charge in [-0.15, -0.1) is 0 Å². The normalized spacial score (nSPS) is 16.6. The van der Waals surface area contributed by atoms with Gasteiger partial charge < -0.3 is 43.8 Å². The maximum absolute atomic E-state index is 14.1. The van der Waals surface area contributed by atoms with Gasteiger partial charge in [-0.1, -0.05) is 0 Å². The van der Waals surface area contributed by atoms with Crippen molar-refractivity contribution in [3.05, 3.63) is 0 Å². The fourth-order valence-corrected chi connectivity index (χ4v) is 3.37. The van der Waals surface area contributed by atoms with Gasteiger partial charge in [0.05, 0.1) is 20.3 Å². The van der Waals surface area contributed by atoms with Gasteiger partial charge >= 0.3 is 59.5 Å². The van der Waals surface area contributed by atoms with E-state index in [1.165, 1.54) is 0 Å². The molecule has 0 saturated heterocycles. The molecule has 0 aliphatic heterocycles. The van der Waals surface area contributed by atoms with Crippen LogP contribution < -0.4 is 24.0 Å². The first-order chi connectivity index (χ1) is 18.5. The molecule has 0 aromatic rings. The Kier molecular flexibility index (Phi) is 13.3. The number of aliphatic hydroxyl groups excluding tert-OH is 3. The second-order valence-electron chi connectivity index (χ2n) is 9.35. The average Bonchev–Trinajstić information content (AvgIpc) is 2.76. The lowest BCUT2D eigenvalue weighted by Crippen LogP contribution is -3.00. The molecule has 1 unspecified atom stereocenters. The summed E-state index contributed by atoms with van der Waals surface area (Å²) in [5.74, 6) is -77.9. The molecule has 0 saturated carbocycles. The maximum atomic E-state index is 14.1. The van der Waals surface area contributed by atoms with Gasteiger partial charge in [0, 0.05) is 6.42 Å². The Bertz CT molecular complexity index is 949. The molecule has 26 heteroatoms. The van der Waals surface area contributed by atoms with Crippen LogP contribution in [0.4, 0.5) is 92.2 Å². The van der Waals surface area contributed by atoms with E-state index >= 15 is 0 Å². The second-order valence-corrected chi connectivity index (χ2v) is 9.35. The molecule has 0 rings (SSSR count). The Morgan fingerprint density at radius 1 is 0.477 bits per heavy atom. The zero-order valence-corrected chi connectivity index (χ0v) is 23.1. The van der Waals surface area contributed by atoms with Crippen molar-refractivity contribution in [2.75, 3.05) is 39.9 Å². The highest BCUT2D eigenvalue weighted by molar-refractivity contribution is 5.18. The van der Waals surface area contributed by atoms with Crippen molar-refractivity contribution in [1.29, 1.82) is 0 Å². The fourth-order valence-electron chi connectivity index (χ4n) is 3.37. The summed E-state index contributed by atoms with van der Waals surface area (Å²) >= 11 is 0. The Morgan fingerprint density at radius 2 is 0.727 bits per heavy atom. The molecule has 0 bridgehead atoms. The molecule has 0 radical (unpaired) electrons. The molecular formula is C18H19F21INO3. The number of rotatable bonds is 16. The second kappa shape index (κ2) is 13.0. The van der Waals surface area contributed by atoms with Crippen molar-refractivity contribution >= 4 is 0 Å². The van der Waals surface area contributed by atoms with Gasteiger partial charge in [-0.2, -0.15) is 92.2 Å². The third kappa shape index (κ3) is 6.87. The largest absolute Gasteiger partial charge is 1.00 e. The molecule has 0 heterocycles. The van der Waals surface area contributed by atoms with E-state index in [0.29, 0.717) is 0 Å². The van der Waals surface area contributed by atoms with E-state index in [-0.39, 0.29) is 24.0 Å². The van der Waals surface area contributed by atoms with E-state index in [9.17, 15) is 97.3 Å². The van der Waals surface area contributed by atoms with E-state index in [2.05, 4.69) is 0 Å². The Hall–Kier alpha value is -0.900. The molecule has 0 amide bonds. The van der Waals surface area contributed by atoms with Gasteiger partial charge in [0.25, 0.3) is 0 Å². The van der Waals surface area contributed by atoms with Gasteiger partial charge in [0.2, 0.25) is 0 Å². The van der Waals surface area contributed by atoms with Crippen LogP contribution in [-0.2, 0) is 0 Å². The van der Waals surface area contributed by atoms with Gasteiger partial charge in [-0.25, -0.2) is 0 Å². The summed E-state index contributed by atoms with van der Waals surface area (Å²) in [6.45, 7) is -4.33. The number of alkyl halides is 21. The minimum atomic E-state index is -9.25. The Balaban J connectivity index is 0. The van der Waals surface area contributed by atoms with Crippen molar-refractivity contribution in [2.24, 2.45) is 0 Å². The van der Waals surface area contributed by atoms with E-state index < -0.39 is 109 Å². The maximum Gasteiger partial charge on any atom is 0.460 e. The topological polar surface area (TPSA) is 60.7 Å². The molecule has 0 spiro atoms. The van der Waals surface area contributed by atoms with Crippen molar-refractivity contribution in [3.63, 3.8) is 0 Å². The van der Waals surface area contributed by atoms with Crippen LogP contribution in [0.5, 0.6) is 0 Å². The summed E-state index contributed by atoms with van der Waals surface area (Å²) in [4.78, 5) is 0. The van der Waals surface area contributed by atoms with Gasteiger partial charge in [0.15, 0.2) is 0 Å². The number of likely N-dealkylation sites (N-methyl/N-ethyl adjacent to an activating group) is 1. The van der Waals surface area contributed by atoms with E-state index in [1.54, 1.807) is 0 Å². The van der Waals surface area contributed by atoms with E-state index in [0.717, 1.165) is 7.05 Å². The van der Waals surface area contributed by atoms with E-state index in [4.69, 9.17) is 10.2 Å². The van der Waals surface area contributed by atoms with Crippen molar-refractivity contribution in [1.82, 2.24) is 0 Å². The van der Waals surface area contributed by atoms with Crippen LogP contribution in [-0.4, -0.2) is 125 Å². The molecule has 268 valence electrons. The lowest BCUT2D eigenvalue weighted by Gasteiger charge is -2.44. The Morgan fingerprint density at radius 3 is 0.977 bits per heavy atom. The van der Waals surface area contributed by atoms with Crippen molar-refractivity contribution in [2.45, 2.75) is 72.0 Å². The molecule has 0 fully saturated rings. The molecule has 1 atom stereocenters. The van der Waals surface area contributed by atoms with E-state index in [1.807, 2.05) is 0 Å². The predicted molar refractivity (Wildman–Crippen MR) is 96.2 cm³/mol. The number of nitrogens with zero attached hydrogens (tertiary/aromatic N) is 1. The highest BCUT2D eigenvalue weighted by atomic mass is 127. The standard InChI is InChI=1S/C18H19F21NO3.HI/c1-40(2-4-41,3-5-42)7-8(43)6-9(19,20)10(21,22)11(23,24)12(25,26)13(27,28)14(29,30)15(31,32)16(33,34)17(35,36)18(37,38)39;/h8,41-43H,2-7H2,1H3;1H/q+1;/p-1. The number of halogens is 22. The minimum Gasteiger partial charge on any atom is -1.00 e. The number of aliphatic hydroxyl groups is 3. The average molecular weight is 823 g/mol. The first-order valence-electron chi connectivity index (χ1n) is 10.7. The lowest BCUT2D eigenvalue weighted by atomic mass is 9.85. The van der Waals surface area contributed by atoms with Crippen LogP contribution in [0.15, 0.2) is 0 Å². The van der Waals surface area contributed by atoms with Gasteiger partial charge in [-0.3, -0.25) is 0 Å². The molecule has 0 aromatic heterocycles. The molecule has 0 aromatic carbocycles. The minimum absolute atomic E-state index is 0. The molecule has 0 aliphatic rings. The summed E-state index contributed by atoms with van der Waals surface area (Å²) < 4.78 is 281. The van der Waals surface area contributed by atoms with Crippen molar-refractivity contribution in [3.8, 4) is 0 Å². The van der Waals surface area contributed by atoms with Crippen LogP contribution in [0.3, 0.4) is 0 Å². The first kappa shape index (κ1) is 45.2. The molecule has 4 nitrogen and oxygen atoms in total. The van der Waals surface area contributed by atoms with Gasteiger partial charge in [-0.05, 0) is 0 Å². The molecule has 3 N–H and O–H groups in total. The van der Waals surface area contributed by atoms with Crippen LogP contribution in [0.2, 0.25) is 0 Å². The predicted octanol–water partition coefficient (Wildman–Crippen LogP) is 2.45. The fraction of sp³-hybridized carbons (Fsp3) is 1.00. The molecule has 0 aliphatic carbocycles. The van der Waals surface area contributed by atoms with Crippen LogP contribution in [0.25, 0.3) is 0 Å². The molecular weight excluding hydrogens is 804 g/mol. The first-order valence-corrected chi connectivity index (χ1v) is 10.7. The van der Waals surface area contributed by atoms with Crippen LogP contribution in [0, 0.1) is 0 Å². The summed E-state index contributed by atoms with van der Waals surface area (Å²) in [5, 5.41) is 27.3. The smallest absolute Gasteiger partial charge is 0.460 e. The lowest BCUT2D eigenvalue weighted by molar-refractivity contribution is -0.913. The number of hydrogen-bond acceptors (Lipinski definition) is 3. The summed E-state index contributed by atoms with van der Waals surface area (Å²) in [6.07, 6.45) is -14.3. The number of hydrogen-bond donors (Lipinski definition) is 3. The third-order valence-corrected chi connectivity index (χ3v) is 6.00. The summed E-state index contributed by atoms with van der Waals surface area (Å²) in [5.41, 5.74) is 0. The summed E-state index contributed by atoms with van der Waals surface area (Å²) in [7, 11) is 0.885. The highest BCUT2D eigenvalue weighted by Gasteiger charge is 2.97. The number of quaternary nitrogens is 1. The quantitative estimate of drug-likeness (QED) is 0.128. The Labute approximate surface area is 248 Å². The molecule has 44 heavy (non-hydrogen) atoms. The summed E-state index contributed by atoms with van der Waals surface area (Å²) in [6, 6.07) is 0. The van der Waals surface area contributed by atoms with Gasteiger partial charge in [0.1, 0.15) is 25.7 Å². The highest BCUT2D eigenvalue weighted by Crippen LogP contribution is 2.66. The zero-order chi connectivity index (χ0) is 35.3. The third-order valence-electron chi connectivity index (χ3n) is 6.00. The van der Waals surface area contributed by atoms with Crippen LogP contribution in [0.1, 0.15) is 6.42 Å². The SMILES string of the molecule is C[N+](CCO)(CCO)CC(O)CC(F)(F)C(F)(F)C(F)(F)C(F)(F)C(F)(F)C(F)(F)C(F)(F)C(F)(F)C(F)(F)C(F)(F)F.[I-]. The van der Waals surface area contributed by atoms with Crippen LogP contribution >= 0.6 is 0 Å².